The minimum atomic E-state index is -0.379. The summed E-state index contributed by atoms with van der Waals surface area (Å²) in [6.07, 6.45) is 1.60. The fourth-order valence-corrected chi connectivity index (χ4v) is 1.47. The Bertz CT molecular complexity index is 406. The summed E-state index contributed by atoms with van der Waals surface area (Å²) >= 11 is 11.8. The topological polar surface area (TPSA) is 41.1 Å². The van der Waals surface area contributed by atoms with E-state index in [1.54, 1.807) is 24.4 Å². The number of nitrogens with one attached hydrogen (secondary N) is 2. The van der Waals surface area contributed by atoms with Gasteiger partial charge < -0.3 is 10.6 Å². The number of benzene rings is 1. The lowest BCUT2D eigenvalue weighted by Crippen LogP contribution is -2.24. The van der Waals surface area contributed by atoms with E-state index >= 15 is 0 Å². The average Bonchev–Trinajstić information content (AvgIpc) is 2.21. The smallest absolute Gasteiger partial charge is 0.314 e. The van der Waals surface area contributed by atoms with Gasteiger partial charge in [0, 0.05) is 6.20 Å². The number of urea groups is 1. The summed E-state index contributed by atoms with van der Waals surface area (Å²) in [6.45, 7) is 3.76. The summed E-state index contributed by atoms with van der Waals surface area (Å²) < 4.78 is 0. The van der Waals surface area contributed by atoms with Crippen molar-refractivity contribution in [2.24, 2.45) is 0 Å². The Hall–Kier alpha value is -1.19. The van der Waals surface area contributed by atoms with Crippen LogP contribution >= 0.6 is 23.2 Å². The second-order valence-corrected chi connectivity index (χ2v) is 4.23. The van der Waals surface area contributed by atoms with Gasteiger partial charge in [0.25, 0.3) is 0 Å². The zero-order valence-electron chi connectivity index (χ0n) is 8.97. The van der Waals surface area contributed by atoms with Crippen LogP contribution in [0.2, 0.25) is 10.0 Å². The van der Waals surface area contributed by atoms with Crippen LogP contribution in [0.5, 0.6) is 0 Å². The molecule has 0 atom stereocenters. The Morgan fingerprint density at radius 1 is 1.25 bits per heavy atom. The maximum absolute atomic E-state index is 11.4. The summed E-state index contributed by atoms with van der Waals surface area (Å²) in [6, 6.07) is 4.65. The minimum Gasteiger partial charge on any atom is -0.314 e. The number of allylic oxidation sites excluding steroid dienone is 1. The van der Waals surface area contributed by atoms with Crippen LogP contribution in [0.25, 0.3) is 0 Å². The Kier molecular flexibility index (Phi) is 4.65. The van der Waals surface area contributed by atoms with E-state index in [1.807, 2.05) is 13.8 Å². The zero-order chi connectivity index (χ0) is 12.1. The number of rotatable bonds is 2. The highest BCUT2D eigenvalue weighted by molar-refractivity contribution is 6.39. The minimum absolute atomic E-state index is 0.379. The molecule has 0 radical (unpaired) electrons. The second-order valence-electron chi connectivity index (χ2n) is 3.42. The summed E-state index contributed by atoms with van der Waals surface area (Å²) in [5, 5.41) is 5.94. The number of hydrogen-bond donors (Lipinski definition) is 2. The summed E-state index contributed by atoms with van der Waals surface area (Å²) in [5.41, 5.74) is 1.39. The molecule has 16 heavy (non-hydrogen) atoms. The van der Waals surface area contributed by atoms with E-state index in [1.165, 1.54) is 0 Å². The van der Waals surface area contributed by atoms with Gasteiger partial charge >= 0.3 is 6.03 Å². The molecule has 0 unspecified atom stereocenters. The molecule has 0 heterocycles. The van der Waals surface area contributed by atoms with Crippen molar-refractivity contribution in [2.75, 3.05) is 5.32 Å². The average molecular weight is 259 g/mol. The summed E-state index contributed by atoms with van der Waals surface area (Å²) in [5.74, 6) is 0. The van der Waals surface area contributed by atoms with E-state index in [9.17, 15) is 4.79 Å². The van der Waals surface area contributed by atoms with Gasteiger partial charge in [-0.3, -0.25) is 0 Å². The normalized spacial score (nSPS) is 9.50. The first-order chi connectivity index (χ1) is 7.50. The number of halogens is 2. The highest BCUT2D eigenvalue weighted by Crippen LogP contribution is 2.29. The molecule has 0 saturated carbocycles. The molecule has 0 fully saturated rings. The number of carbonyl (C=O) groups excluding carboxylic acids is 1. The zero-order valence-corrected chi connectivity index (χ0v) is 10.5. The molecule has 0 aromatic heterocycles. The molecule has 3 nitrogen and oxygen atoms in total. The molecule has 1 aromatic carbocycles. The molecule has 5 heteroatoms. The number of hydrogen-bond acceptors (Lipinski definition) is 1. The molecule has 1 rings (SSSR count). The van der Waals surface area contributed by atoms with Crippen molar-refractivity contribution in [3.8, 4) is 0 Å². The predicted octanol–water partition coefficient (Wildman–Crippen LogP) is 4.04. The lowest BCUT2D eigenvalue weighted by molar-refractivity contribution is 0.255. The molecule has 0 aliphatic carbocycles. The van der Waals surface area contributed by atoms with Crippen molar-refractivity contribution in [1.29, 1.82) is 0 Å². The van der Waals surface area contributed by atoms with E-state index in [0.29, 0.717) is 15.7 Å². The first-order valence-corrected chi connectivity index (χ1v) is 5.41. The number of anilines is 1. The molecule has 1 aromatic rings. The molecule has 0 bridgehead atoms. The third-order valence-electron chi connectivity index (χ3n) is 1.69. The molecule has 2 amide bonds. The van der Waals surface area contributed by atoms with Crippen LogP contribution in [0.3, 0.4) is 0 Å². The van der Waals surface area contributed by atoms with Crippen LogP contribution in [-0.2, 0) is 0 Å². The van der Waals surface area contributed by atoms with Crippen LogP contribution in [0.1, 0.15) is 13.8 Å². The number of amides is 2. The van der Waals surface area contributed by atoms with Gasteiger partial charge in [0.1, 0.15) is 0 Å². The van der Waals surface area contributed by atoms with Crippen molar-refractivity contribution >= 4 is 34.9 Å². The quantitative estimate of drug-likeness (QED) is 0.826. The maximum Gasteiger partial charge on any atom is 0.323 e. The molecule has 0 aliphatic rings. The summed E-state index contributed by atoms with van der Waals surface area (Å²) in [4.78, 5) is 11.4. The van der Waals surface area contributed by atoms with Crippen molar-refractivity contribution in [2.45, 2.75) is 13.8 Å². The van der Waals surface area contributed by atoms with Gasteiger partial charge in [-0.1, -0.05) is 34.8 Å². The van der Waals surface area contributed by atoms with E-state index < -0.39 is 0 Å². The summed E-state index contributed by atoms with van der Waals surface area (Å²) in [7, 11) is 0. The van der Waals surface area contributed by atoms with E-state index in [0.717, 1.165) is 5.57 Å². The fraction of sp³-hybridized carbons (Fsp3) is 0.182. The van der Waals surface area contributed by atoms with Crippen LogP contribution in [-0.4, -0.2) is 6.03 Å². The monoisotopic (exact) mass is 258 g/mol. The van der Waals surface area contributed by atoms with Gasteiger partial charge in [-0.05, 0) is 26.0 Å². The number of carbonyl (C=O) groups is 1. The van der Waals surface area contributed by atoms with Crippen molar-refractivity contribution in [1.82, 2.24) is 5.32 Å². The highest BCUT2D eigenvalue weighted by atomic mass is 35.5. The molecule has 0 spiro atoms. The van der Waals surface area contributed by atoms with Gasteiger partial charge in [0.15, 0.2) is 0 Å². The maximum atomic E-state index is 11.4. The molecule has 2 N–H and O–H groups in total. The van der Waals surface area contributed by atoms with Gasteiger partial charge in [-0.2, -0.15) is 0 Å². The lowest BCUT2D eigenvalue weighted by atomic mass is 10.3. The van der Waals surface area contributed by atoms with Gasteiger partial charge in [0.2, 0.25) is 0 Å². The standard InChI is InChI=1S/C11H12Cl2N2O/c1-7(2)6-14-11(16)15-10-8(12)4-3-5-9(10)13/h3-6H,1-2H3,(H2,14,15,16). The SMILES string of the molecule is CC(C)=CNC(=O)Nc1c(Cl)cccc1Cl. The van der Waals surface area contributed by atoms with Gasteiger partial charge in [-0.15, -0.1) is 0 Å². The van der Waals surface area contributed by atoms with Crippen molar-refractivity contribution < 1.29 is 4.79 Å². The first kappa shape index (κ1) is 12.9. The largest absolute Gasteiger partial charge is 0.323 e. The Morgan fingerprint density at radius 2 is 1.81 bits per heavy atom. The molecule has 0 aliphatic heterocycles. The molecule has 86 valence electrons. The van der Waals surface area contributed by atoms with Crippen LogP contribution in [0.15, 0.2) is 30.0 Å². The first-order valence-electron chi connectivity index (χ1n) is 4.65. The van der Waals surface area contributed by atoms with Crippen LogP contribution < -0.4 is 10.6 Å². The molecular formula is C11H12Cl2N2O. The van der Waals surface area contributed by atoms with Crippen LogP contribution in [0, 0.1) is 0 Å². The van der Waals surface area contributed by atoms with E-state index in [-0.39, 0.29) is 6.03 Å². The van der Waals surface area contributed by atoms with Gasteiger partial charge in [0.05, 0.1) is 15.7 Å². The van der Waals surface area contributed by atoms with Crippen molar-refractivity contribution in [3.05, 3.63) is 40.0 Å². The third-order valence-corrected chi connectivity index (χ3v) is 2.32. The third kappa shape index (κ3) is 3.76. The Morgan fingerprint density at radius 3 is 2.31 bits per heavy atom. The predicted molar refractivity (Wildman–Crippen MR) is 68.0 cm³/mol. The second kappa shape index (κ2) is 5.77. The Balaban J connectivity index is 2.74. The number of para-hydroxylation sites is 1. The van der Waals surface area contributed by atoms with Crippen molar-refractivity contribution in [3.63, 3.8) is 0 Å². The van der Waals surface area contributed by atoms with E-state index in [2.05, 4.69) is 10.6 Å². The van der Waals surface area contributed by atoms with Gasteiger partial charge in [-0.25, -0.2) is 4.79 Å². The molecule has 0 saturated heterocycles. The lowest BCUT2D eigenvalue weighted by Gasteiger charge is -2.08. The van der Waals surface area contributed by atoms with Crippen LogP contribution in [0.4, 0.5) is 10.5 Å². The Labute approximate surface area is 104 Å². The molecular weight excluding hydrogens is 247 g/mol. The van der Waals surface area contributed by atoms with E-state index in [4.69, 9.17) is 23.2 Å². The highest BCUT2D eigenvalue weighted by Gasteiger charge is 2.07. The fourth-order valence-electron chi connectivity index (χ4n) is 0.977.